The van der Waals surface area contributed by atoms with Crippen LogP contribution in [-0.4, -0.2) is 64.4 Å². The maximum Gasteiger partial charge on any atom is 0.252 e. The van der Waals surface area contributed by atoms with Gasteiger partial charge in [-0.3, -0.25) is 24.2 Å². The number of anilines is 3. The van der Waals surface area contributed by atoms with Gasteiger partial charge in [0.15, 0.2) is 0 Å². The van der Waals surface area contributed by atoms with Gasteiger partial charge in [0.1, 0.15) is 5.82 Å². The van der Waals surface area contributed by atoms with E-state index in [2.05, 4.69) is 92.5 Å². The van der Waals surface area contributed by atoms with Gasteiger partial charge in [-0.2, -0.15) is 0 Å². The summed E-state index contributed by atoms with van der Waals surface area (Å²) < 4.78 is 17.8. The predicted octanol–water partition coefficient (Wildman–Crippen LogP) is 12.4. The molecule has 0 radical (unpaired) electrons. The second kappa shape index (κ2) is 26.5. The van der Waals surface area contributed by atoms with Crippen LogP contribution >= 0.6 is 0 Å². The monoisotopic (exact) mass is 1010 g/mol. The number of carbonyl (C=O) groups is 4. The van der Waals surface area contributed by atoms with Crippen molar-refractivity contribution in [1.82, 2.24) is 30.1 Å². The van der Waals surface area contributed by atoms with Crippen molar-refractivity contribution in [3.05, 3.63) is 153 Å². The molecule has 3 aromatic carbocycles. The normalized spacial score (nSPS) is 13.6. The van der Waals surface area contributed by atoms with E-state index in [0.717, 1.165) is 98.3 Å². The fraction of sp³-hybridized carbons (Fsp3) is 0.383. The van der Waals surface area contributed by atoms with Crippen molar-refractivity contribution in [1.29, 1.82) is 0 Å². The van der Waals surface area contributed by atoms with Crippen molar-refractivity contribution in [3.8, 4) is 0 Å². The highest BCUT2D eigenvalue weighted by atomic mass is 19.1. The van der Waals surface area contributed by atoms with Crippen molar-refractivity contribution < 1.29 is 23.6 Å². The number of aromatic nitrogens is 3. The van der Waals surface area contributed by atoms with Crippen molar-refractivity contribution in [3.63, 3.8) is 0 Å². The molecule has 3 aromatic heterocycles. The molecule has 4 amide bonds. The number of benzene rings is 3. The number of hydrogen-bond acceptors (Lipinski definition) is 7. The summed E-state index contributed by atoms with van der Waals surface area (Å²) in [7, 11) is 0. The number of nitrogens with two attached hydrogens (primary N) is 1. The zero-order chi connectivity index (χ0) is 54.4. The van der Waals surface area contributed by atoms with Crippen LogP contribution in [0.1, 0.15) is 151 Å². The molecule has 0 atom stereocenters. The zero-order valence-electron chi connectivity index (χ0n) is 45.8. The van der Waals surface area contributed by atoms with E-state index in [9.17, 15) is 23.6 Å². The molecule has 1 fully saturated rings. The molecule has 13 nitrogen and oxygen atoms in total. The minimum absolute atomic E-state index is 0.104. The lowest BCUT2D eigenvalue weighted by molar-refractivity contribution is -0.114. The predicted molar refractivity (Wildman–Crippen MR) is 302 cm³/mol. The summed E-state index contributed by atoms with van der Waals surface area (Å²) in [5.74, 6) is -0.679. The van der Waals surface area contributed by atoms with Gasteiger partial charge in [-0.25, -0.2) is 4.39 Å². The van der Waals surface area contributed by atoms with Crippen LogP contribution in [0.5, 0.6) is 0 Å². The van der Waals surface area contributed by atoms with E-state index in [1.54, 1.807) is 12.4 Å². The number of fused-ring (bicyclic) bond motifs is 2. The number of carbonyl (C=O) groups excluding carboxylic acids is 4. The lowest BCUT2D eigenvalue weighted by Crippen LogP contribution is -2.34. The Balaban J connectivity index is 0.000000267. The molecule has 0 unspecified atom stereocenters. The van der Waals surface area contributed by atoms with Gasteiger partial charge in [0.05, 0.1) is 34.0 Å². The van der Waals surface area contributed by atoms with E-state index in [1.165, 1.54) is 17.7 Å². The molecular weight excluding hydrogens is 930 g/mol. The van der Waals surface area contributed by atoms with Crippen LogP contribution in [0.25, 0.3) is 21.8 Å². The molecule has 394 valence electrons. The first-order valence-electron chi connectivity index (χ1n) is 25.9. The molecule has 4 heterocycles. The number of nitrogens with zero attached hydrogens (tertiary/aromatic N) is 4. The summed E-state index contributed by atoms with van der Waals surface area (Å²) in [6, 6.07) is 19.3. The highest BCUT2D eigenvalue weighted by molar-refractivity contribution is 6.10. The molecule has 0 bridgehead atoms. The fourth-order valence-electron chi connectivity index (χ4n) is 9.39. The molecule has 0 saturated carbocycles. The first-order valence-corrected chi connectivity index (χ1v) is 25.9. The van der Waals surface area contributed by atoms with E-state index in [-0.39, 0.29) is 36.3 Å². The van der Waals surface area contributed by atoms with Crippen molar-refractivity contribution in [2.45, 2.75) is 127 Å². The maximum absolute atomic E-state index is 13.6. The Kier molecular flexibility index (Phi) is 20.5. The maximum atomic E-state index is 13.6. The number of amides is 4. The number of rotatable bonds is 17. The van der Waals surface area contributed by atoms with E-state index in [4.69, 9.17) is 5.73 Å². The lowest BCUT2D eigenvalue weighted by atomic mass is 9.89. The number of piperidine rings is 1. The molecule has 7 rings (SSSR count). The Morgan fingerprint density at radius 2 is 1.35 bits per heavy atom. The lowest BCUT2D eigenvalue weighted by Gasteiger charge is -2.34. The summed E-state index contributed by atoms with van der Waals surface area (Å²) >= 11 is 0. The third-order valence-electron chi connectivity index (χ3n) is 13.7. The quantitative estimate of drug-likeness (QED) is 0.0344. The number of nitrogens with one attached hydrogen (secondary N) is 4. The number of allylic oxidation sites excluding steroid dienone is 4. The van der Waals surface area contributed by atoms with Crippen LogP contribution in [0.2, 0.25) is 0 Å². The minimum atomic E-state index is -0.505. The van der Waals surface area contributed by atoms with Crippen LogP contribution in [-0.2, 0) is 9.59 Å². The minimum Gasteiger partial charge on any atom is -0.371 e. The van der Waals surface area contributed by atoms with Gasteiger partial charge < -0.3 is 41.0 Å². The van der Waals surface area contributed by atoms with Crippen LogP contribution in [0, 0.1) is 19.7 Å². The zero-order valence-corrected chi connectivity index (χ0v) is 45.8. The third-order valence-corrected chi connectivity index (χ3v) is 13.7. The van der Waals surface area contributed by atoms with Gasteiger partial charge in [0.2, 0.25) is 12.3 Å². The summed E-state index contributed by atoms with van der Waals surface area (Å²) in [4.78, 5) is 56.1. The van der Waals surface area contributed by atoms with Gasteiger partial charge >= 0.3 is 0 Å². The Hall–Kier alpha value is -7.48. The molecule has 74 heavy (non-hydrogen) atoms. The standard InChI is InChI=1S/C31H39FN4O2.C27H33N5O2.C2H6/c1-6-20(4)27(30(33)37)17-34-31(38)26-15-25(16-28-29(26)21(5)18-36(28)19(2)3)35-13-11-23(12-14-35)22-7-9-24(32)10-8-22;1-17(2)32-15-20(5)26-24(11-23(12-25(26)32)31-22-8-7-9-28-14-22)27(34)29-13-19(4)18(3)10-21(6)30-16-33;1-2/h7-10,15-16,18-19,23H,6,11-14,17H2,1-5H3,(H2,33,37)(H,34,38);7-12,14-17,31H,13H2,1-6H3,(H,29,34)(H,30,33);1-2H3/b27-20-;19-18+,21-10-;. The number of aryl methyl sites for hydroxylation is 2. The largest absolute Gasteiger partial charge is 0.371 e. The second-order valence-electron chi connectivity index (χ2n) is 19.5. The van der Waals surface area contributed by atoms with Crippen molar-refractivity contribution in [2.75, 3.05) is 36.4 Å². The van der Waals surface area contributed by atoms with Crippen LogP contribution < -0.4 is 31.9 Å². The Morgan fingerprint density at radius 1 is 0.784 bits per heavy atom. The van der Waals surface area contributed by atoms with E-state index in [1.807, 2.05) is 105 Å². The Morgan fingerprint density at radius 3 is 1.88 bits per heavy atom. The Bertz CT molecular complexity index is 3030. The van der Waals surface area contributed by atoms with Crippen LogP contribution in [0.4, 0.5) is 21.5 Å². The number of pyridine rings is 1. The number of primary amides is 1. The van der Waals surface area contributed by atoms with Gasteiger partial charge in [0.25, 0.3) is 11.8 Å². The molecule has 1 aliphatic rings. The fourth-order valence-corrected chi connectivity index (χ4v) is 9.39. The molecule has 1 aliphatic heterocycles. The molecular formula is C60H78FN9O4. The topological polar surface area (TPSA) is 168 Å². The van der Waals surface area contributed by atoms with Crippen LogP contribution in [0.15, 0.2) is 120 Å². The second-order valence-corrected chi connectivity index (χ2v) is 19.5. The Labute approximate surface area is 437 Å². The molecule has 0 aliphatic carbocycles. The molecule has 1 saturated heterocycles. The average molecular weight is 1010 g/mol. The van der Waals surface area contributed by atoms with Gasteiger partial charge in [-0.05, 0) is 171 Å². The summed E-state index contributed by atoms with van der Waals surface area (Å²) in [5.41, 5.74) is 18.9. The smallest absolute Gasteiger partial charge is 0.252 e. The molecule has 6 N–H and O–H groups in total. The highest BCUT2D eigenvalue weighted by Gasteiger charge is 2.25. The van der Waals surface area contributed by atoms with Crippen LogP contribution in [0.3, 0.4) is 0 Å². The SMILES string of the molecule is C/C(=C/C(C)=C(\C)CNC(=O)c1cc(Nc2cccnc2)cc2c1c(C)cn2C(C)C)NC=O.CC.CC/C(C)=C(/CNC(=O)c1cc(N2CCC(c3ccc(F)cc3)CC2)cc2c1c(C)cn2C(C)C)C(N)=O. The van der Waals surface area contributed by atoms with E-state index >= 15 is 0 Å². The average Bonchev–Trinajstić information content (AvgIpc) is 3.92. The van der Waals surface area contributed by atoms with E-state index in [0.29, 0.717) is 42.0 Å². The first kappa shape index (κ1) is 57.4. The summed E-state index contributed by atoms with van der Waals surface area (Å²) in [6.07, 6.45) is 12.8. The van der Waals surface area contributed by atoms with E-state index < -0.39 is 5.91 Å². The third kappa shape index (κ3) is 14.2. The summed E-state index contributed by atoms with van der Waals surface area (Å²) in [6.45, 7) is 28.4. The molecule has 6 aromatic rings. The molecule has 14 heteroatoms. The van der Waals surface area contributed by atoms with Gasteiger partial charge in [-0.15, -0.1) is 0 Å². The number of hydrogen-bond donors (Lipinski definition) is 5. The van der Waals surface area contributed by atoms with Crippen molar-refractivity contribution >= 4 is 63.0 Å². The van der Waals surface area contributed by atoms with Gasteiger partial charge in [-0.1, -0.05) is 44.1 Å². The summed E-state index contributed by atoms with van der Waals surface area (Å²) in [5, 5.41) is 13.9. The van der Waals surface area contributed by atoms with Crippen molar-refractivity contribution in [2.24, 2.45) is 5.73 Å². The van der Waals surface area contributed by atoms with Gasteiger partial charge in [0, 0.05) is 90.3 Å². The number of halogens is 1. The first-order chi connectivity index (χ1) is 35.3. The highest BCUT2D eigenvalue weighted by Crippen LogP contribution is 2.36. The molecule has 0 spiro atoms.